The fraction of sp³-hybridized carbons (Fsp3) is 0.300. The summed E-state index contributed by atoms with van der Waals surface area (Å²) >= 11 is 0. The van der Waals surface area contributed by atoms with Gasteiger partial charge < -0.3 is 4.74 Å². The van der Waals surface area contributed by atoms with E-state index < -0.39 is 0 Å². The van der Waals surface area contributed by atoms with Crippen molar-refractivity contribution < 1.29 is 4.74 Å². The van der Waals surface area contributed by atoms with Crippen molar-refractivity contribution in [3.05, 3.63) is 23.9 Å². The molecule has 1 heterocycles. The molecule has 0 fully saturated rings. The zero-order valence-electron chi connectivity index (χ0n) is 7.29. The van der Waals surface area contributed by atoms with Crippen molar-refractivity contribution in [1.29, 1.82) is 0 Å². The lowest BCUT2D eigenvalue weighted by Gasteiger charge is -1.95. The second-order valence-electron chi connectivity index (χ2n) is 2.24. The van der Waals surface area contributed by atoms with E-state index in [1.54, 1.807) is 19.4 Å². The topological polar surface area (TPSA) is 22.1 Å². The second kappa shape index (κ2) is 4.40. The van der Waals surface area contributed by atoms with Crippen LogP contribution >= 0.6 is 0 Å². The highest BCUT2D eigenvalue weighted by atomic mass is 16.5. The molecule has 0 aliphatic heterocycles. The van der Waals surface area contributed by atoms with Gasteiger partial charge >= 0.3 is 0 Å². The van der Waals surface area contributed by atoms with Gasteiger partial charge in [0.05, 0.1) is 7.11 Å². The minimum Gasteiger partial charge on any atom is -0.481 e. The second-order valence-corrected chi connectivity index (χ2v) is 2.24. The third-order valence-electron chi connectivity index (χ3n) is 1.35. The normalized spacial score (nSPS) is 8.50. The average Bonchev–Trinajstić information content (AvgIpc) is 2.15. The number of aromatic nitrogens is 1. The molecule has 0 saturated heterocycles. The Morgan fingerprint density at radius 2 is 2.33 bits per heavy atom. The lowest BCUT2D eigenvalue weighted by molar-refractivity contribution is 0.398. The van der Waals surface area contributed by atoms with Gasteiger partial charge in [0, 0.05) is 24.2 Å². The lowest BCUT2D eigenvalue weighted by atomic mass is 10.3. The fourth-order valence-electron chi connectivity index (χ4n) is 0.765. The Morgan fingerprint density at radius 1 is 1.50 bits per heavy atom. The first-order chi connectivity index (χ1) is 5.86. The maximum Gasteiger partial charge on any atom is 0.212 e. The predicted octanol–water partition coefficient (Wildman–Crippen LogP) is 1.85. The van der Waals surface area contributed by atoms with Crippen molar-refractivity contribution in [2.75, 3.05) is 7.11 Å². The summed E-state index contributed by atoms with van der Waals surface area (Å²) in [7, 11) is 1.60. The smallest absolute Gasteiger partial charge is 0.212 e. The first kappa shape index (κ1) is 8.61. The Labute approximate surface area is 72.6 Å². The van der Waals surface area contributed by atoms with Crippen molar-refractivity contribution in [3.63, 3.8) is 0 Å². The van der Waals surface area contributed by atoms with Crippen molar-refractivity contribution in [2.45, 2.75) is 13.3 Å². The minimum absolute atomic E-state index is 0.622. The van der Waals surface area contributed by atoms with Gasteiger partial charge in [0.1, 0.15) is 0 Å². The lowest BCUT2D eigenvalue weighted by Crippen LogP contribution is -1.86. The molecule has 0 saturated carbocycles. The van der Waals surface area contributed by atoms with Crippen LogP contribution in [-0.4, -0.2) is 12.1 Å². The van der Waals surface area contributed by atoms with E-state index in [9.17, 15) is 0 Å². The summed E-state index contributed by atoms with van der Waals surface area (Å²) in [5.74, 6) is 6.57. The molecule has 1 aromatic rings. The minimum atomic E-state index is 0.622. The molecule has 0 bridgehead atoms. The molecule has 2 heteroatoms. The summed E-state index contributed by atoms with van der Waals surface area (Å²) in [6, 6.07) is 3.70. The summed E-state index contributed by atoms with van der Waals surface area (Å²) in [5.41, 5.74) is 0.928. The summed E-state index contributed by atoms with van der Waals surface area (Å²) in [6.45, 7) is 2.02. The summed E-state index contributed by atoms with van der Waals surface area (Å²) in [6.07, 6.45) is 2.58. The monoisotopic (exact) mass is 161 g/mol. The number of nitrogens with zero attached hydrogens (tertiary/aromatic N) is 1. The van der Waals surface area contributed by atoms with Crippen molar-refractivity contribution in [3.8, 4) is 17.7 Å². The van der Waals surface area contributed by atoms with Gasteiger partial charge in [-0.1, -0.05) is 18.8 Å². The van der Waals surface area contributed by atoms with Crippen LogP contribution in [0.2, 0.25) is 0 Å². The van der Waals surface area contributed by atoms with Gasteiger partial charge in [-0.05, 0) is 6.07 Å². The van der Waals surface area contributed by atoms with Crippen molar-refractivity contribution in [2.24, 2.45) is 0 Å². The third-order valence-corrected chi connectivity index (χ3v) is 1.35. The molecule has 12 heavy (non-hydrogen) atoms. The molecule has 0 amide bonds. The quantitative estimate of drug-likeness (QED) is 0.586. The summed E-state index contributed by atoms with van der Waals surface area (Å²) in [4.78, 5) is 4.03. The molecule has 0 N–H and O–H groups in total. The Kier molecular flexibility index (Phi) is 3.16. The Hall–Kier alpha value is -1.49. The predicted molar refractivity (Wildman–Crippen MR) is 48.0 cm³/mol. The molecule has 0 aliphatic carbocycles. The van der Waals surface area contributed by atoms with E-state index >= 15 is 0 Å². The van der Waals surface area contributed by atoms with Gasteiger partial charge in [-0.3, -0.25) is 0 Å². The van der Waals surface area contributed by atoms with E-state index in [0.717, 1.165) is 12.0 Å². The number of pyridine rings is 1. The van der Waals surface area contributed by atoms with Gasteiger partial charge in [0.25, 0.3) is 0 Å². The van der Waals surface area contributed by atoms with Crippen LogP contribution in [0.3, 0.4) is 0 Å². The molecule has 2 nitrogen and oxygen atoms in total. The van der Waals surface area contributed by atoms with Crippen molar-refractivity contribution in [1.82, 2.24) is 4.98 Å². The molecule has 1 aromatic heterocycles. The van der Waals surface area contributed by atoms with Crippen LogP contribution in [0.5, 0.6) is 5.88 Å². The van der Waals surface area contributed by atoms with Crippen LogP contribution in [0.4, 0.5) is 0 Å². The first-order valence-corrected chi connectivity index (χ1v) is 3.85. The van der Waals surface area contributed by atoms with Crippen LogP contribution in [0.15, 0.2) is 18.3 Å². The van der Waals surface area contributed by atoms with Crippen LogP contribution in [0, 0.1) is 11.8 Å². The Bertz CT molecular complexity index is 292. The standard InChI is InChI=1S/C10H11NO/c1-3-4-5-9-6-7-10(12-2)11-8-9/h6-8H,3H2,1-2H3. The number of ether oxygens (including phenoxy) is 1. The Morgan fingerprint density at radius 3 is 2.83 bits per heavy atom. The average molecular weight is 161 g/mol. The highest BCUT2D eigenvalue weighted by Crippen LogP contribution is 2.04. The zero-order valence-corrected chi connectivity index (χ0v) is 7.29. The first-order valence-electron chi connectivity index (χ1n) is 3.85. The summed E-state index contributed by atoms with van der Waals surface area (Å²) < 4.78 is 4.91. The number of hydrogen-bond donors (Lipinski definition) is 0. The largest absolute Gasteiger partial charge is 0.481 e. The molecule has 0 unspecified atom stereocenters. The molecule has 0 aromatic carbocycles. The molecule has 0 radical (unpaired) electrons. The Balaban J connectivity index is 2.78. The molecular formula is C10H11NO. The van der Waals surface area contributed by atoms with Gasteiger partial charge in [0.15, 0.2) is 0 Å². The van der Waals surface area contributed by atoms with Gasteiger partial charge in [-0.15, -0.1) is 0 Å². The molecule has 0 spiro atoms. The van der Waals surface area contributed by atoms with E-state index in [2.05, 4.69) is 16.8 Å². The fourth-order valence-corrected chi connectivity index (χ4v) is 0.765. The van der Waals surface area contributed by atoms with Crippen LogP contribution in [0.1, 0.15) is 18.9 Å². The van der Waals surface area contributed by atoms with Crippen LogP contribution < -0.4 is 4.74 Å². The zero-order chi connectivity index (χ0) is 8.81. The molecule has 1 rings (SSSR count). The van der Waals surface area contributed by atoms with Crippen LogP contribution in [0.25, 0.3) is 0 Å². The molecule has 0 aliphatic rings. The van der Waals surface area contributed by atoms with E-state index in [0.29, 0.717) is 5.88 Å². The van der Waals surface area contributed by atoms with E-state index in [-0.39, 0.29) is 0 Å². The van der Waals surface area contributed by atoms with Gasteiger partial charge in [0.2, 0.25) is 5.88 Å². The highest BCUT2D eigenvalue weighted by molar-refractivity contribution is 5.33. The van der Waals surface area contributed by atoms with E-state index in [1.165, 1.54) is 0 Å². The third kappa shape index (κ3) is 2.28. The maximum atomic E-state index is 4.91. The van der Waals surface area contributed by atoms with Crippen molar-refractivity contribution >= 4 is 0 Å². The van der Waals surface area contributed by atoms with E-state index in [4.69, 9.17) is 4.74 Å². The highest BCUT2D eigenvalue weighted by Gasteiger charge is 1.90. The molecule has 0 atom stereocenters. The molecular weight excluding hydrogens is 150 g/mol. The summed E-state index contributed by atoms with van der Waals surface area (Å²) in [5, 5.41) is 0. The number of hydrogen-bond acceptors (Lipinski definition) is 2. The van der Waals surface area contributed by atoms with Gasteiger partial charge in [-0.25, -0.2) is 4.98 Å². The molecule has 62 valence electrons. The SMILES string of the molecule is CCC#Cc1ccc(OC)nc1. The van der Waals surface area contributed by atoms with Gasteiger partial charge in [-0.2, -0.15) is 0 Å². The number of rotatable bonds is 1. The van der Waals surface area contributed by atoms with E-state index in [1.807, 2.05) is 13.0 Å². The maximum absolute atomic E-state index is 4.91. The number of methoxy groups -OCH3 is 1. The van der Waals surface area contributed by atoms with Crippen LogP contribution in [-0.2, 0) is 0 Å².